The molecule has 0 aliphatic carbocycles. The minimum Gasteiger partial charge on any atom is -0.491 e. The van der Waals surface area contributed by atoms with E-state index in [0.29, 0.717) is 37.7 Å². The molecule has 0 aromatic heterocycles. The van der Waals surface area contributed by atoms with Crippen molar-refractivity contribution in [1.82, 2.24) is 10.2 Å². The lowest BCUT2D eigenvalue weighted by Gasteiger charge is -2.42. The number of rotatable bonds is 9. The van der Waals surface area contributed by atoms with E-state index < -0.39 is 17.7 Å². The molecule has 8 heteroatoms. The summed E-state index contributed by atoms with van der Waals surface area (Å²) in [6, 6.07) is 7.02. The molecular weight excluding hydrogens is 412 g/mol. The molecule has 3 rings (SSSR count). The van der Waals surface area contributed by atoms with E-state index in [0.717, 1.165) is 31.4 Å². The number of carbonyl (C=O) groups is 1. The third-order valence-corrected chi connectivity index (χ3v) is 5.27. The van der Waals surface area contributed by atoms with E-state index in [1.54, 1.807) is 0 Å². The average Bonchev–Trinajstić information content (AvgIpc) is 2.72. The van der Waals surface area contributed by atoms with Gasteiger partial charge in [-0.05, 0) is 57.7 Å². The Labute approximate surface area is 190 Å². The van der Waals surface area contributed by atoms with Crippen molar-refractivity contribution >= 4 is 6.09 Å². The highest BCUT2D eigenvalue weighted by Gasteiger charge is 2.31. The lowest BCUT2D eigenvalue weighted by molar-refractivity contribution is -0.165. The van der Waals surface area contributed by atoms with E-state index in [1.165, 1.54) is 0 Å². The molecule has 178 valence electrons. The molecule has 2 N–H and O–H groups in total. The molecule has 1 aromatic carbocycles. The quantitative estimate of drug-likeness (QED) is 0.560. The fraction of sp³-hybridized carbons (Fsp3) is 0.625. The Bertz CT molecular complexity index is 749. The molecule has 0 bridgehead atoms. The summed E-state index contributed by atoms with van der Waals surface area (Å²) in [7, 11) is 0. The summed E-state index contributed by atoms with van der Waals surface area (Å²) in [4.78, 5) is 14.4. The molecule has 32 heavy (non-hydrogen) atoms. The highest BCUT2D eigenvalue weighted by Crippen LogP contribution is 2.29. The van der Waals surface area contributed by atoms with Gasteiger partial charge < -0.3 is 34.3 Å². The van der Waals surface area contributed by atoms with Gasteiger partial charge in [0.25, 0.3) is 0 Å². The number of aliphatic hydroxyl groups is 1. The molecule has 2 unspecified atom stereocenters. The van der Waals surface area contributed by atoms with Crippen LogP contribution in [0.4, 0.5) is 4.79 Å². The van der Waals surface area contributed by atoms with Crippen LogP contribution in [0.15, 0.2) is 36.5 Å². The van der Waals surface area contributed by atoms with E-state index in [-0.39, 0.29) is 12.4 Å². The zero-order valence-electron chi connectivity index (χ0n) is 19.3. The number of alkyl carbamates (subject to hydrolysis) is 1. The van der Waals surface area contributed by atoms with Crippen molar-refractivity contribution in [3.8, 4) is 5.75 Å². The number of hydrogen-bond acceptors (Lipinski definition) is 7. The fourth-order valence-electron chi connectivity index (χ4n) is 3.60. The Morgan fingerprint density at radius 3 is 2.56 bits per heavy atom. The van der Waals surface area contributed by atoms with Crippen LogP contribution in [0.2, 0.25) is 0 Å². The monoisotopic (exact) mass is 448 g/mol. The van der Waals surface area contributed by atoms with Gasteiger partial charge in [-0.25, -0.2) is 4.79 Å². The molecule has 0 spiro atoms. The topological polar surface area (TPSA) is 89.5 Å². The summed E-state index contributed by atoms with van der Waals surface area (Å²) in [6.07, 6.45) is 2.14. The molecular formula is C24H36N2O6. The Morgan fingerprint density at radius 2 is 1.97 bits per heavy atom. The first-order valence-electron chi connectivity index (χ1n) is 11.3. The van der Waals surface area contributed by atoms with Crippen molar-refractivity contribution < 1.29 is 28.8 Å². The molecule has 2 aliphatic rings. The van der Waals surface area contributed by atoms with Gasteiger partial charge in [0, 0.05) is 25.4 Å². The smallest absolute Gasteiger partial charge is 0.408 e. The van der Waals surface area contributed by atoms with Gasteiger partial charge in [0.15, 0.2) is 6.29 Å². The number of nitrogens with one attached hydrogen (secondary N) is 1. The summed E-state index contributed by atoms with van der Waals surface area (Å²) in [5, 5.41) is 12.6. The minimum absolute atomic E-state index is 0.125. The van der Waals surface area contributed by atoms with Gasteiger partial charge in [-0.1, -0.05) is 18.7 Å². The molecule has 2 heterocycles. The second kappa shape index (κ2) is 11.0. The minimum atomic E-state index is -0.606. The summed E-state index contributed by atoms with van der Waals surface area (Å²) in [5.74, 6) is 0.711. The van der Waals surface area contributed by atoms with Gasteiger partial charge in [-0.3, -0.25) is 0 Å². The van der Waals surface area contributed by atoms with Crippen LogP contribution in [0, 0.1) is 0 Å². The fourth-order valence-corrected chi connectivity index (χ4v) is 3.60. The molecule has 2 atom stereocenters. The summed E-state index contributed by atoms with van der Waals surface area (Å²) >= 11 is 0. The van der Waals surface area contributed by atoms with E-state index in [4.69, 9.17) is 18.9 Å². The van der Waals surface area contributed by atoms with Crippen molar-refractivity contribution in [2.24, 2.45) is 0 Å². The number of likely N-dealkylation sites (tertiary alicyclic amines) is 1. The Hall–Kier alpha value is -2.29. The number of nitrogens with zero attached hydrogens (tertiary/aromatic N) is 1. The number of benzene rings is 1. The molecule has 2 saturated heterocycles. The molecule has 0 radical (unpaired) electrons. The number of amides is 1. The van der Waals surface area contributed by atoms with E-state index in [2.05, 4.69) is 11.9 Å². The largest absolute Gasteiger partial charge is 0.491 e. The van der Waals surface area contributed by atoms with Crippen LogP contribution >= 0.6 is 0 Å². The summed E-state index contributed by atoms with van der Waals surface area (Å²) in [6.45, 7) is 12.2. The van der Waals surface area contributed by atoms with Crippen LogP contribution in [0.25, 0.3) is 0 Å². The van der Waals surface area contributed by atoms with Gasteiger partial charge in [-0.15, -0.1) is 0 Å². The first-order chi connectivity index (χ1) is 15.2. The Balaban J connectivity index is 1.56. The SMILES string of the molecule is C=C(C(NC(=O)OC(C)(C)C)c1ccc(OCCOC2CCCCO2)cc1)N1CC(O)C1. The number of ether oxygens (including phenoxy) is 4. The summed E-state index contributed by atoms with van der Waals surface area (Å²) < 4.78 is 22.4. The van der Waals surface area contributed by atoms with Crippen LogP contribution in [-0.4, -0.2) is 67.0 Å². The van der Waals surface area contributed by atoms with Crippen LogP contribution in [0.1, 0.15) is 51.6 Å². The van der Waals surface area contributed by atoms with E-state index >= 15 is 0 Å². The second-order valence-corrected chi connectivity index (χ2v) is 9.21. The van der Waals surface area contributed by atoms with Crippen molar-refractivity contribution in [3.05, 3.63) is 42.1 Å². The maximum atomic E-state index is 12.4. The molecule has 2 aliphatic heterocycles. The van der Waals surface area contributed by atoms with E-state index in [1.807, 2.05) is 49.9 Å². The van der Waals surface area contributed by atoms with Gasteiger partial charge in [0.1, 0.15) is 18.0 Å². The maximum Gasteiger partial charge on any atom is 0.408 e. The summed E-state index contributed by atoms with van der Waals surface area (Å²) in [5.41, 5.74) is 0.947. The number of aliphatic hydroxyl groups excluding tert-OH is 1. The molecule has 8 nitrogen and oxygen atoms in total. The van der Waals surface area contributed by atoms with Crippen LogP contribution in [0.5, 0.6) is 5.75 Å². The van der Waals surface area contributed by atoms with Crippen LogP contribution < -0.4 is 10.1 Å². The standard InChI is InChI=1S/C24H36N2O6/c1-17(26-15-19(27)16-26)22(25-23(28)32-24(2,3)4)18-8-10-20(11-9-18)29-13-14-31-21-7-5-6-12-30-21/h8-11,19,21-22,27H,1,5-7,12-16H2,2-4H3,(H,25,28). The van der Waals surface area contributed by atoms with Crippen molar-refractivity contribution in [2.45, 2.75) is 64.1 Å². The first kappa shape index (κ1) is 24.4. The zero-order chi connectivity index (χ0) is 23.1. The molecule has 2 fully saturated rings. The van der Waals surface area contributed by atoms with Crippen LogP contribution in [-0.2, 0) is 14.2 Å². The lowest BCUT2D eigenvalue weighted by atomic mass is 10.0. The van der Waals surface area contributed by atoms with Gasteiger partial charge in [0.05, 0.1) is 18.8 Å². The second-order valence-electron chi connectivity index (χ2n) is 9.21. The molecule has 1 amide bonds. The van der Waals surface area contributed by atoms with Crippen molar-refractivity contribution in [3.63, 3.8) is 0 Å². The van der Waals surface area contributed by atoms with Gasteiger partial charge in [0.2, 0.25) is 0 Å². The predicted molar refractivity (Wildman–Crippen MR) is 120 cm³/mol. The third kappa shape index (κ3) is 7.39. The van der Waals surface area contributed by atoms with Gasteiger partial charge >= 0.3 is 6.09 Å². The van der Waals surface area contributed by atoms with Crippen molar-refractivity contribution in [1.29, 1.82) is 0 Å². The highest BCUT2D eigenvalue weighted by atomic mass is 16.7. The zero-order valence-corrected chi connectivity index (χ0v) is 19.3. The third-order valence-electron chi connectivity index (χ3n) is 5.27. The Morgan fingerprint density at radius 1 is 1.25 bits per heavy atom. The van der Waals surface area contributed by atoms with Crippen molar-refractivity contribution in [2.75, 3.05) is 32.9 Å². The molecule has 0 saturated carbocycles. The number of carbonyl (C=O) groups excluding carboxylic acids is 1. The highest BCUT2D eigenvalue weighted by molar-refractivity contribution is 5.69. The molecule has 1 aromatic rings. The lowest BCUT2D eigenvalue weighted by Crippen LogP contribution is -2.52. The number of hydrogen-bond donors (Lipinski definition) is 2. The Kier molecular flexibility index (Phi) is 8.39. The van der Waals surface area contributed by atoms with E-state index in [9.17, 15) is 9.90 Å². The number of β-amino-alcohol motifs (C(OH)–C–C–N with tert-alkyl or cyclic N) is 1. The maximum absolute atomic E-state index is 12.4. The average molecular weight is 449 g/mol. The first-order valence-corrected chi connectivity index (χ1v) is 11.3. The van der Waals surface area contributed by atoms with Gasteiger partial charge in [-0.2, -0.15) is 0 Å². The normalized spacial score (nSPS) is 20.2. The predicted octanol–water partition coefficient (Wildman–Crippen LogP) is 3.36. The van der Waals surface area contributed by atoms with Crippen LogP contribution in [0.3, 0.4) is 0 Å².